The van der Waals surface area contributed by atoms with E-state index in [1.165, 1.54) is 27.8 Å². The van der Waals surface area contributed by atoms with E-state index in [1.807, 2.05) is 13.0 Å². The Bertz CT molecular complexity index is 671. The summed E-state index contributed by atoms with van der Waals surface area (Å²) in [5, 5.41) is 9.07. The zero-order valence-corrected chi connectivity index (χ0v) is 12.7. The van der Waals surface area contributed by atoms with Crippen LogP contribution in [-0.2, 0) is 0 Å². The Morgan fingerprint density at radius 2 is 1.40 bits per heavy atom. The molecule has 1 N–H and O–H groups in total. The lowest BCUT2D eigenvalue weighted by atomic mass is 9.87. The second-order valence-corrected chi connectivity index (χ2v) is 5.47. The molecule has 0 unspecified atom stereocenters. The van der Waals surface area contributed by atoms with Crippen LogP contribution in [0.1, 0.15) is 38.2 Å². The second-order valence-electron chi connectivity index (χ2n) is 5.47. The Morgan fingerprint density at radius 3 is 1.85 bits per heavy atom. The fourth-order valence-corrected chi connectivity index (χ4v) is 2.70. The van der Waals surface area contributed by atoms with Crippen molar-refractivity contribution in [3.05, 3.63) is 57.6 Å². The van der Waals surface area contributed by atoms with Gasteiger partial charge >= 0.3 is 5.97 Å². The van der Waals surface area contributed by atoms with Crippen LogP contribution in [0.3, 0.4) is 0 Å². The van der Waals surface area contributed by atoms with E-state index in [0.717, 1.165) is 11.1 Å². The lowest BCUT2D eigenvalue weighted by Crippen LogP contribution is -2.00. The van der Waals surface area contributed by atoms with E-state index in [4.69, 9.17) is 5.11 Å². The Morgan fingerprint density at radius 1 is 0.850 bits per heavy atom. The lowest BCUT2D eigenvalue weighted by molar-refractivity contribution is 0.0697. The number of hydrogen-bond donors (Lipinski definition) is 1. The minimum Gasteiger partial charge on any atom is -0.478 e. The highest BCUT2D eigenvalue weighted by molar-refractivity contribution is 5.89. The second kappa shape index (κ2) is 5.12. The molecule has 2 rings (SSSR count). The molecule has 0 aromatic heterocycles. The largest absolute Gasteiger partial charge is 0.478 e. The van der Waals surface area contributed by atoms with Gasteiger partial charge in [-0.15, -0.1) is 0 Å². The number of carboxylic acids is 1. The molecule has 0 aliphatic carbocycles. The number of carboxylic acid groups (broad SMARTS) is 1. The number of carbonyl (C=O) groups is 1. The molecule has 0 heterocycles. The molecule has 0 radical (unpaired) electrons. The average molecular weight is 268 g/mol. The summed E-state index contributed by atoms with van der Waals surface area (Å²) in [5.41, 5.74) is 8.76. The summed E-state index contributed by atoms with van der Waals surface area (Å²) in [4.78, 5) is 11.0. The van der Waals surface area contributed by atoms with Crippen molar-refractivity contribution < 1.29 is 9.90 Å². The van der Waals surface area contributed by atoms with Gasteiger partial charge in [0.25, 0.3) is 0 Å². The molecule has 0 aliphatic rings. The van der Waals surface area contributed by atoms with Gasteiger partial charge in [0.15, 0.2) is 0 Å². The van der Waals surface area contributed by atoms with Gasteiger partial charge in [-0.05, 0) is 85.7 Å². The van der Waals surface area contributed by atoms with Crippen molar-refractivity contribution in [2.75, 3.05) is 0 Å². The van der Waals surface area contributed by atoms with Crippen molar-refractivity contribution in [3.63, 3.8) is 0 Å². The van der Waals surface area contributed by atoms with Crippen LogP contribution in [0.4, 0.5) is 0 Å². The van der Waals surface area contributed by atoms with Crippen molar-refractivity contribution >= 4 is 5.97 Å². The van der Waals surface area contributed by atoms with Gasteiger partial charge in [-0.1, -0.05) is 12.1 Å². The third-order valence-electron chi connectivity index (χ3n) is 4.11. The molecule has 0 fully saturated rings. The summed E-state index contributed by atoms with van der Waals surface area (Å²) in [5.74, 6) is -0.881. The SMILES string of the molecule is Cc1cc(C(=O)O)ccc1-c1c(C)c(C)cc(C)c1C. The van der Waals surface area contributed by atoms with Crippen LogP contribution >= 0.6 is 0 Å². The Kier molecular flexibility index (Phi) is 3.67. The smallest absolute Gasteiger partial charge is 0.335 e. The van der Waals surface area contributed by atoms with Crippen LogP contribution in [0, 0.1) is 34.6 Å². The van der Waals surface area contributed by atoms with Gasteiger partial charge in [0, 0.05) is 0 Å². The predicted molar refractivity (Wildman–Crippen MR) is 82.5 cm³/mol. The van der Waals surface area contributed by atoms with Crippen molar-refractivity contribution in [1.29, 1.82) is 0 Å². The maximum absolute atomic E-state index is 11.0. The first-order valence-corrected chi connectivity index (χ1v) is 6.74. The summed E-state index contributed by atoms with van der Waals surface area (Å²) in [6, 6.07) is 7.55. The Labute approximate surface area is 120 Å². The van der Waals surface area contributed by atoms with E-state index in [-0.39, 0.29) is 0 Å². The van der Waals surface area contributed by atoms with Crippen molar-refractivity contribution in [1.82, 2.24) is 0 Å². The van der Waals surface area contributed by atoms with Crippen molar-refractivity contribution in [2.45, 2.75) is 34.6 Å². The quantitative estimate of drug-likeness (QED) is 0.864. The van der Waals surface area contributed by atoms with E-state index < -0.39 is 5.97 Å². The van der Waals surface area contributed by atoms with E-state index in [0.29, 0.717) is 5.56 Å². The van der Waals surface area contributed by atoms with Gasteiger partial charge in [-0.2, -0.15) is 0 Å². The maximum atomic E-state index is 11.0. The monoisotopic (exact) mass is 268 g/mol. The summed E-state index contributed by atoms with van der Waals surface area (Å²) in [6.07, 6.45) is 0. The highest BCUT2D eigenvalue weighted by atomic mass is 16.4. The first kappa shape index (κ1) is 14.3. The van der Waals surface area contributed by atoms with Crippen LogP contribution < -0.4 is 0 Å². The van der Waals surface area contributed by atoms with Crippen LogP contribution in [0.5, 0.6) is 0 Å². The third-order valence-corrected chi connectivity index (χ3v) is 4.11. The molecular weight excluding hydrogens is 248 g/mol. The third kappa shape index (κ3) is 2.34. The molecule has 0 saturated carbocycles. The molecule has 0 amide bonds. The number of benzene rings is 2. The van der Waals surface area contributed by atoms with E-state index >= 15 is 0 Å². The average Bonchev–Trinajstić information content (AvgIpc) is 2.38. The topological polar surface area (TPSA) is 37.3 Å². The van der Waals surface area contributed by atoms with Crippen molar-refractivity contribution in [2.24, 2.45) is 0 Å². The number of aryl methyl sites for hydroxylation is 3. The van der Waals surface area contributed by atoms with Crippen LogP contribution in [0.15, 0.2) is 24.3 Å². The van der Waals surface area contributed by atoms with Gasteiger partial charge < -0.3 is 5.11 Å². The molecule has 2 heteroatoms. The molecule has 0 aliphatic heterocycles. The Balaban J connectivity index is 2.72. The molecule has 2 aromatic rings. The zero-order valence-electron chi connectivity index (χ0n) is 12.7. The molecule has 2 aromatic carbocycles. The van der Waals surface area contributed by atoms with Gasteiger partial charge in [0.2, 0.25) is 0 Å². The van der Waals surface area contributed by atoms with Gasteiger partial charge in [-0.25, -0.2) is 4.79 Å². The highest BCUT2D eigenvalue weighted by Gasteiger charge is 2.14. The molecular formula is C18H20O2. The number of aromatic carboxylic acids is 1. The number of hydrogen-bond acceptors (Lipinski definition) is 1. The summed E-state index contributed by atoms with van der Waals surface area (Å²) < 4.78 is 0. The minimum absolute atomic E-state index is 0.339. The molecule has 20 heavy (non-hydrogen) atoms. The van der Waals surface area contributed by atoms with E-state index in [9.17, 15) is 4.79 Å². The lowest BCUT2D eigenvalue weighted by Gasteiger charge is -2.17. The molecule has 104 valence electrons. The fraction of sp³-hybridized carbons (Fsp3) is 0.278. The van der Waals surface area contributed by atoms with Gasteiger partial charge in [0.05, 0.1) is 5.56 Å². The van der Waals surface area contributed by atoms with E-state index in [2.05, 4.69) is 33.8 Å². The first-order valence-electron chi connectivity index (χ1n) is 6.74. The molecule has 2 nitrogen and oxygen atoms in total. The van der Waals surface area contributed by atoms with Crippen LogP contribution in [0.2, 0.25) is 0 Å². The Hall–Kier alpha value is -2.09. The maximum Gasteiger partial charge on any atom is 0.335 e. The van der Waals surface area contributed by atoms with Crippen LogP contribution in [0.25, 0.3) is 11.1 Å². The van der Waals surface area contributed by atoms with Crippen LogP contribution in [-0.4, -0.2) is 11.1 Å². The minimum atomic E-state index is -0.881. The number of rotatable bonds is 2. The summed E-state index contributed by atoms with van der Waals surface area (Å²) in [7, 11) is 0. The standard InChI is InChI=1S/C18H20O2/c1-10-8-11(2)14(5)17(13(10)4)16-7-6-15(18(19)20)9-12(16)3/h6-9H,1-5H3,(H,19,20). The molecule has 0 spiro atoms. The van der Waals surface area contributed by atoms with Gasteiger partial charge in [-0.3, -0.25) is 0 Å². The highest BCUT2D eigenvalue weighted by Crippen LogP contribution is 2.33. The summed E-state index contributed by atoms with van der Waals surface area (Å²) in [6.45, 7) is 10.5. The van der Waals surface area contributed by atoms with Gasteiger partial charge in [0.1, 0.15) is 0 Å². The molecule has 0 saturated heterocycles. The molecule has 0 bridgehead atoms. The zero-order chi connectivity index (χ0) is 15.0. The molecule has 0 atom stereocenters. The summed E-state index contributed by atoms with van der Waals surface area (Å²) >= 11 is 0. The predicted octanol–water partition coefficient (Wildman–Crippen LogP) is 4.59. The van der Waals surface area contributed by atoms with Crippen molar-refractivity contribution in [3.8, 4) is 11.1 Å². The first-order chi connectivity index (χ1) is 9.32. The fourth-order valence-electron chi connectivity index (χ4n) is 2.70. The van der Waals surface area contributed by atoms with E-state index in [1.54, 1.807) is 12.1 Å². The normalized spacial score (nSPS) is 10.7.